The van der Waals surface area contributed by atoms with Gasteiger partial charge in [-0.3, -0.25) is 0 Å². The van der Waals surface area contributed by atoms with Gasteiger partial charge in [-0.1, -0.05) is 11.8 Å². The number of carboxylic acids is 1. The molecule has 1 aromatic heterocycles. The molecule has 1 aromatic carbocycles. The zero-order valence-electron chi connectivity index (χ0n) is 9.55. The van der Waals surface area contributed by atoms with Gasteiger partial charge in [0.05, 0.1) is 0 Å². The van der Waals surface area contributed by atoms with Crippen molar-refractivity contribution in [1.82, 2.24) is 4.98 Å². The first-order valence-electron chi connectivity index (χ1n) is 5.19. The minimum Gasteiger partial charge on any atom is -0.477 e. The van der Waals surface area contributed by atoms with Crippen molar-refractivity contribution in [3.05, 3.63) is 53.6 Å². The third-order valence-corrected chi connectivity index (χ3v) is 3.29. The molecule has 3 nitrogen and oxygen atoms in total. The number of hydrogen-bond acceptors (Lipinski definition) is 3. The molecule has 0 spiro atoms. The van der Waals surface area contributed by atoms with Crippen molar-refractivity contribution in [2.24, 2.45) is 0 Å². The predicted molar refractivity (Wildman–Crippen MR) is 66.5 cm³/mol. The minimum atomic E-state index is -1.05. The average Bonchev–Trinajstić information content (AvgIpc) is 2.34. The van der Waals surface area contributed by atoms with E-state index in [-0.39, 0.29) is 11.5 Å². The standard InChI is InChI=1S/C13H10FNO2S/c1-8-6-9(2-4-11(8)14)18-10-3-5-12(13(16)17)15-7-10/h2-7H,1H3,(H,16,17). The number of benzene rings is 1. The highest BCUT2D eigenvalue weighted by molar-refractivity contribution is 7.99. The Morgan fingerprint density at radius 1 is 1.28 bits per heavy atom. The number of carbonyl (C=O) groups is 1. The molecule has 0 aliphatic rings. The van der Waals surface area contributed by atoms with Crippen LogP contribution in [-0.4, -0.2) is 16.1 Å². The number of nitrogens with zero attached hydrogens (tertiary/aromatic N) is 1. The van der Waals surface area contributed by atoms with Gasteiger partial charge in [0.25, 0.3) is 0 Å². The summed E-state index contributed by atoms with van der Waals surface area (Å²) >= 11 is 1.41. The molecule has 0 fully saturated rings. The van der Waals surface area contributed by atoms with Crippen LogP contribution in [0.1, 0.15) is 16.1 Å². The SMILES string of the molecule is Cc1cc(Sc2ccc(C(=O)O)nc2)ccc1F. The van der Waals surface area contributed by atoms with E-state index in [1.807, 2.05) is 0 Å². The summed E-state index contributed by atoms with van der Waals surface area (Å²) in [6.45, 7) is 1.70. The second-order valence-electron chi connectivity index (χ2n) is 3.70. The normalized spacial score (nSPS) is 10.3. The van der Waals surface area contributed by atoms with Gasteiger partial charge in [-0.05, 0) is 42.8 Å². The van der Waals surface area contributed by atoms with Crippen molar-refractivity contribution in [2.75, 3.05) is 0 Å². The van der Waals surface area contributed by atoms with E-state index >= 15 is 0 Å². The molecular weight excluding hydrogens is 253 g/mol. The molecule has 0 saturated carbocycles. The topological polar surface area (TPSA) is 50.2 Å². The fraction of sp³-hybridized carbons (Fsp3) is 0.0769. The smallest absolute Gasteiger partial charge is 0.354 e. The Kier molecular flexibility index (Phi) is 3.62. The molecule has 2 aromatic rings. The van der Waals surface area contributed by atoms with Crippen LogP contribution < -0.4 is 0 Å². The molecule has 0 saturated heterocycles. The summed E-state index contributed by atoms with van der Waals surface area (Å²) < 4.78 is 13.1. The van der Waals surface area contributed by atoms with E-state index in [2.05, 4.69) is 4.98 Å². The fourth-order valence-corrected chi connectivity index (χ4v) is 2.27. The second-order valence-corrected chi connectivity index (χ2v) is 4.84. The summed E-state index contributed by atoms with van der Waals surface area (Å²) in [5, 5.41) is 8.72. The number of aromatic carboxylic acids is 1. The summed E-state index contributed by atoms with van der Waals surface area (Å²) in [6, 6.07) is 7.96. The summed E-state index contributed by atoms with van der Waals surface area (Å²) in [4.78, 5) is 16.2. The Hall–Kier alpha value is -1.88. The lowest BCUT2D eigenvalue weighted by Crippen LogP contribution is -1.98. The van der Waals surface area contributed by atoms with Crippen molar-refractivity contribution >= 4 is 17.7 Å². The number of hydrogen-bond donors (Lipinski definition) is 1. The molecule has 0 radical (unpaired) electrons. The van der Waals surface area contributed by atoms with E-state index in [0.29, 0.717) is 5.56 Å². The fourth-order valence-electron chi connectivity index (χ4n) is 1.38. The van der Waals surface area contributed by atoms with Crippen LogP contribution >= 0.6 is 11.8 Å². The highest BCUT2D eigenvalue weighted by atomic mass is 32.2. The van der Waals surface area contributed by atoms with Gasteiger partial charge in [0.1, 0.15) is 11.5 Å². The van der Waals surface area contributed by atoms with E-state index in [0.717, 1.165) is 9.79 Å². The molecule has 1 heterocycles. The quantitative estimate of drug-likeness (QED) is 0.922. The number of aromatic nitrogens is 1. The van der Waals surface area contributed by atoms with Gasteiger partial charge in [0.15, 0.2) is 0 Å². The number of halogens is 1. The first kappa shape index (κ1) is 12.6. The molecule has 0 aliphatic carbocycles. The number of aryl methyl sites for hydroxylation is 1. The monoisotopic (exact) mass is 263 g/mol. The van der Waals surface area contributed by atoms with Crippen molar-refractivity contribution in [2.45, 2.75) is 16.7 Å². The van der Waals surface area contributed by atoms with Crippen LogP contribution in [0.5, 0.6) is 0 Å². The summed E-state index contributed by atoms with van der Waals surface area (Å²) in [6.07, 6.45) is 1.49. The average molecular weight is 263 g/mol. The van der Waals surface area contributed by atoms with Gasteiger partial charge in [-0.25, -0.2) is 14.2 Å². The van der Waals surface area contributed by atoms with E-state index < -0.39 is 5.97 Å². The number of carboxylic acid groups (broad SMARTS) is 1. The van der Waals surface area contributed by atoms with E-state index in [4.69, 9.17) is 5.11 Å². The minimum absolute atomic E-state index is 0.00892. The van der Waals surface area contributed by atoms with E-state index in [9.17, 15) is 9.18 Å². The van der Waals surface area contributed by atoms with Gasteiger partial charge in [0.2, 0.25) is 0 Å². The predicted octanol–water partition coefficient (Wildman–Crippen LogP) is 3.38. The lowest BCUT2D eigenvalue weighted by atomic mass is 10.2. The van der Waals surface area contributed by atoms with Crippen LogP contribution in [0, 0.1) is 12.7 Å². The Bertz CT molecular complexity index is 584. The van der Waals surface area contributed by atoms with Crippen molar-refractivity contribution < 1.29 is 14.3 Å². The maximum absolute atomic E-state index is 13.1. The molecule has 0 bridgehead atoms. The Morgan fingerprint density at radius 3 is 2.56 bits per heavy atom. The number of pyridine rings is 1. The van der Waals surface area contributed by atoms with Gasteiger partial charge < -0.3 is 5.11 Å². The van der Waals surface area contributed by atoms with E-state index in [1.54, 1.807) is 25.1 Å². The van der Waals surface area contributed by atoms with Gasteiger partial charge in [0, 0.05) is 16.0 Å². The summed E-state index contributed by atoms with van der Waals surface area (Å²) in [7, 11) is 0. The molecule has 0 amide bonds. The molecule has 0 atom stereocenters. The Balaban J connectivity index is 2.18. The molecular formula is C13H10FNO2S. The first-order chi connectivity index (χ1) is 8.56. The second kappa shape index (κ2) is 5.18. The van der Waals surface area contributed by atoms with E-state index in [1.165, 1.54) is 30.1 Å². The van der Waals surface area contributed by atoms with Crippen LogP contribution in [0.2, 0.25) is 0 Å². The van der Waals surface area contributed by atoms with Crippen LogP contribution in [0.3, 0.4) is 0 Å². The number of rotatable bonds is 3. The molecule has 1 N–H and O–H groups in total. The first-order valence-corrected chi connectivity index (χ1v) is 6.01. The highest BCUT2D eigenvalue weighted by Crippen LogP contribution is 2.28. The van der Waals surface area contributed by atoms with Crippen LogP contribution in [0.25, 0.3) is 0 Å². The third-order valence-electron chi connectivity index (χ3n) is 2.32. The molecule has 0 aliphatic heterocycles. The lowest BCUT2D eigenvalue weighted by Gasteiger charge is -2.03. The van der Waals surface area contributed by atoms with Crippen LogP contribution in [0.15, 0.2) is 46.3 Å². The van der Waals surface area contributed by atoms with Gasteiger partial charge in [-0.2, -0.15) is 0 Å². The Labute approximate surface area is 108 Å². The van der Waals surface area contributed by atoms with Crippen molar-refractivity contribution in [3.8, 4) is 0 Å². The molecule has 18 heavy (non-hydrogen) atoms. The third kappa shape index (κ3) is 2.87. The zero-order chi connectivity index (χ0) is 13.1. The van der Waals surface area contributed by atoms with Crippen LogP contribution in [0.4, 0.5) is 4.39 Å². The van der Waals surface area contributed by atoms with Gasteiger partial charge in [-0.15, -0.1) is 0 Å². The Morgan fingerprint density at radius 2 is 2.00 bits per heavy atom. The largest absolute Gasteiger partial charge is 0.477 e. The van der Waals surface area contributed by atoms with Crippen molar-refractivity contribution in [1.29, 1.82) is 0 Å². The molecule has 5 heteroatoms. The van der Waals surface area contributed by atoms with Crippen LogP contribution in [-0.2, 0) is 0 Å². The lowest BCUT2D eigenvalue weighted by molar-refractivity contribution is 0.0690. The molecule has 92 valence electrons. The maximum Gasteiger partial charge on any atom is 0.354 e. The maximum atomic E-state index is 13.1. The summed E-state index contributed by atoms with van der Waals surface area (Å²) in [5.74, 6) is -1.29. The molecule has 0 unspecified atom stereocenters. The zero-order valence-corrected chi connectivity index (χ0v) is 10.4. The highest BCUT2D eigenvalue weighted by Gasteiger charge is 2.05. The van der Waals surface area contributed by atoms with Crippen molar-refractivity contribution in [3.63, 3.8) is 0 Å². The summed E-state index contributed by atoms with van der Waals surface area (Å²) in [5.41, 5.74) is 0.588. The van der Waals surface area contributed by atoms with Gasteiger partial charge >= 0.3 is 5.97 Å². The molecule has 2 rings (SSSR count).